The molecule has 112 valence electrons. The summed E-state index contributed by atoms with van der Waals surface area (Å²) in [5.74, 6) is 5.66. The van der Waals surface area contributed by atoms with E-state index < -0.39 is 0 Å². The molecule has 3 rings (SSSR count). The molecule has 1 aliphatic heterocycles. The second-order valence-electron chi connectivity index (χ2n) is 4.95. The molecule has 3 N–H and O–H groups in total. The highest BCUT2D eigenvalue weighted by Crippen LogP contribution is 2.23. The summed E-state index contributed by atoms with van der Waals surface area (Å²) in [7, 11) is 0. The minimum absolute atomic E-state index is 0.0140. The van der Waals surface area contributed by atoms with E-state index in [4.69, 9.17) is 15.3 Å². The Hall–Kier alpha value is -1.31. The predicted octanol–water partition coefficient (Wildman–Crippen LogP) is 1.60. The number of rotatable bonds is 5. The third kappa shape index (κ3) is 3.66. The molecule has 0 spiro atoms. The zero-order valence-electron chi connectivity index (χ0n) is 11.7. The Morgan fingerprint density at radius 2 is 2.19 bits per heavy atom. The highest BCUT2D eigenvalue weighted by Gasteiger charge is 2.25. The Balaban J connectivity index is 1.68. The molecule has 6 heteroatoms. The van der Waals surface area contributed by atoms with Crippen molar-refractivity contribution in [1.29, 1.82) is 0 Å². The zero-order valence-corrected chi connectivity index (χ0v) is 12.5. The van der Waals surface area contributed by atoms with E-state index in [1.807, 2.05) is 18.2 Å². The molecule has 2 atom stereocenters. The first-order chi connectivity index (χ1) is 10.4. The SMILES string of the molecule is NNC(Cc1nc(-c2ccccc2)cs1)C1COCCO1. The van der Waals surface area contributed by atoms with E-state index in [1.165, 1.54) is 0 Å². The largest absolute Gasteiger partial charge is 0.376 e. The number of nitrogens with two attached hydrogens (primary N) is 1. The van der Waals surface area contributed by atoms with E-state index in [-0.39, 0.29) is 12.1 Å². The van der Waals surface area contributed by atoms with Crippen LogP contribution in [0.2, 0.25) is 0 Å². The first kappa shape index (κ1) is 14.6. The summed E-state index contributed by atoms with van der Waals surface area (Å²) in [5, 5.41) is 3.13. The van der Waals surface area contributed by atoms with Crippen molar-refractivity contribution >= 4 is 11.3 Å². The molecule has 0 saturated carbocycles. The lowest BCUT2D eigenvalue weighted by Crippen LogP contribution is -2.50. The molecule has 0 bridgehead atoms. The maximum Gasteiger partial charge on any atom is 0.0979 e. The summed E-state index contributed by atoms with van der Waals surface area (Å²) in [5.41, 5.74) is 4.97. The van der Waals surface area contributed by atoms with Crippen molar-refractivity contribution in [2.24, 2.45) is 5.84 Å². The van der Waals surface area contributed by atoms with E-state index in [0.717, 1.165) is 22.7 Å². The van der Waals surface area contributed by atoms with Crippen molar-refractivity contribution in [1.82, 2.24) is 10.4 Å². The maximum atomic E-state index is 5.70. The van der Waals surface area contributed by atoms with Crippen molar-refractivity contribution in [2.45, 2.75) is 18.6 Å². The van der Waals surface area contributed by atoms with E-state index in [0.29, 0.717) is 19.8 Å². The van der Waals surface area contributed by atoms with Crippen LogP contribution in [0.1, 0.15) is 5.01 Å². The van der Waals surface area contributed by atoms with Crippen molar-refractivity contribution < 1.29 is 9.47 Å². The summed E-state index contributed by atoms with van der Waals surface area (Å²) in [6.45, 7) is 1.85. The molecule has 0 radical (unpaired) electrons. The molecule has 1 saturated heterocycles. The monoisotopic (exact) mass is 305 g/mol. The Bertz CT molecular complexity index is 555. The van der Waals surface area contributed by atoms with E-state index in [2.05, 4.69) is 27.9 Å². The first-order valence-corrected chi connectivity index (χ1v) is 7.90. The quantitative estimate of drug-likeness (QED) is 0.648. The molecule has 1 aromatic carbocycles. The second-order valence-corrected chi connectivity index (χ2v) is 5.90. The smallest absolute Gasteiger partial charge is 0.0979 e. The molecule has 2 heterocycles. The number of aromatic nitrogens is 1. The molecule has 5 nitrogen and oxygen atoms in total. The number of ether oxygens (including phenoxy) is 2. The van der Waals surface area contributed by atoms with Crippen molar-refractivity contribution in [2.75, 3.05) is 19.8 Å². The van der Waals surface area contributed by atoms with Crippen LogP contribution < -0.4 is 11.3 Å². The third-order valence-electron chi connectivity index (χ3n) is 3.52. The molecule has 1 fully saturated rings. The van der Waals surface area contributed by atoms with Gasteiger partial charge in [-0.05, 0) is 0 Å². The first-order valence-electron chi connectivity index (χ1n) is 7.02. The van der Waals surface area contributed by atoms with Gasteiger partial charge in [-0.15, -0.1) is 11.3 Å². The van der Waals surface area contributed by atoms with E-state index in [1.54, 1.807) is 11.3 Å². The van der Waals surface area contributed by atoms with Gasteiger partial charge in [0.05, 0.1) is 42.7 Å². The number of nitrogens with zero attached hydrogens (tertiary/aromatic N) is 1. The fourth-order valence-corrected chi connectivity index (χ4v) is 3.23. The van der Waals surface area contributed by atoms with Crippen molar-refractivity contribution in [3.8, 4) is 11.3 Å². The van der Waals surface area contributed by atoms with Gasteiger partial charge in [0.2, 0.25) is 0 Å². The van der Waals surface area contributed by atoms with Gasteiger partial charge in [-0.1, -0.05) is 30.3 Å². The van der Waals surface area contributed by atoms with Crippen LogP contribution in [0.5, 0.6) is 0 Å². The maximum absolute atomic E-state index is 5.70. The molecule has 2 unspecified atom stereocenters. The number of benzene rings is 1. The number of hydrogen-bond donors (Lipinski definition) is 2. The second kappa shape index (κ2) is 7.11. The van der Waals surface area contributed by atoms with Gasteiger partial charge in [-0.25, -0.2) is 4.98 Å². The van der Waals surface area contributed by atoms with Gasteiger partial charge in [0.25, 0.3) is 0 Å². The average molecular weight is 305 g/mol. The van der Waals surface area contributed by atoms with Crippen LogP contribution in [0, 0.1) is 0 Å². The van der Waals surface area contributed by atoms with Crippen LogP contribution in [0.3, 0.4) is 0 Å². The molecule has 0 amide bonds. The zero-order chi connectivity index (χ0) is 14.5. The molecular formula is C15H19N3O2S. The molecule has 2 aromatic rings. The molecule has 21 heavy (non-hydrogen) atoms. The number of hydrogen-bond acceptors (Lipinski definition) is 6. The number of thiazole rings is 1. The average Bonchev–Trinajstić information content (AvgIpc) is 3.03. The lowest BCUT2D eigenvalue weighted by molar-refractivity contribution is -0.101. The van der Waals surface area contributed by atoms with Crippen LogP contribution in [0.4, 0.5) is 0 Å². The summed E-state index contributed by atoms with van der Waals surface area (Å²) >= 11 is 1.65. The lowest BCUT2D eigenvalue weighted by atomic mass is 10.1. The van der Waals surface area contributed by atoms with Crippen LogP contribution in [-0.2, 0) is 15.9 Å². The van der Waals surface area contributed by atoms with Gasteiger partial charge in [-0.3, -0.25) is 11.3 Å². The van der Waals surface area contributed by atoms with Crippen LogP contribution >= 0.6 is 11.3 Å². The normalized spacial score (nSPS) is 20.3. The fourth-order valence-electron chi connectivity index (χ4n) is 2.37. The topological polar surface area (TPSA) is 69.4 Å². The Morgan fingerprint density at radius 3 is 2.90 bits per heavy atom. The summed E-state index contributed by atoms with van der Waals surface area (Å²) in [6, 6.07) is 10.2. The van der Waals surface area contributed by atoms with E-state index >= 15 is 0 Å². The Labute approximate surface area is 128 Å². The lowest BCUT2D eigenvalue weighted by Gasteiger charge is -2.29. The molecular weight excluding hydrogens is 286 g/mol. The summed E-state index contributed by atoms with van der Waals surface area (Å²) < 4.78 is 11.1. The third-order valence-corrected chi connectivity index (χ3v) is 4.39. The highest BCUT2D eigenvalue weighted by atomic mass is 32.1. The molecule has 1 aliphatic rings. The number of nitrogens with one attached hydrogen (secondary N) is 1. The van der Waals surface area contributed by atoms with E-state index in [9.17, 15) is 0 Å². The minimum Gasteiger partial charge on any atom is -0.376 e. The highest BCUT2D eigenvalue weighted by molar-refractivity contribution is 7.09. The Morgan fingerprint density at radius 1 is 1.33 bits per heavy atom. The summed E-state index contributed by atoms with van der Waals surface area (Å²) in [6.07, 6.45) is 0.718. The van der Waals surface area contributed by atoms with Gasteiger partial charge in [0.15, 0.2) is 0 Å². The molecule has 0 aliphatic carbocycles. The van der Waals surface area contributed by atoms with Crippen LogP contribution in [-0.4, -0.2) is 37.0 Å². The van der Waals surface area contributed by atoms with Crippen molar-refractivity contribution in [3.05, 3.63) is 40.7 Å². The fraction of sp³-hybridized carbons (Fsp3) is 0.400. The molecule has 1 aromatic heterocycles. The van der Waals surface area contributed by atoms with Gasteiger partial charge in [0, 0.05) is 17.4 Å². The van der Waals surface area contributed by atoms with Gasteiger partial charge in [0.1, 0.15) is 0 Å². The summed E-state index contributed by atoms with van der Waals surface area (Å²) in [4.78, 5) is 4.69. The van der Waals surface area contributed by atoms with Gasteiger partial charge in [-0.2, -0.15) is 0 Å². The Kier molecular flexibility index (Phi) is 4.95. The van der Waals surface area contributed by atoms with Crippen LogP contribution in [0.25, 0.3) is 11.3 Å². The minimum atomic E-state index is -0.0205. The van der Waals surface area contributed by atoms with Crippen LogP contribution in [0.15, 0.2) is 35.7 Å². The predicted molar refractivity (Wildman–Crippen MR) is 82.9 cm³/mol. The number of hydrazine groups is 1. The van der Waals surface area contributed by atoms with Crippen molar-refractivity contribution in [3.63, 3.8) is 0 Å². The van der Waals surface area contributed by atoms with Gasteiger partial charge >= 0.3 is 0 Å². The van der Waals surface area contributed by atoms with Gasteiger partial charge < -0.3 is 9.47 Å². The standard InChI is InChI=1S/C15H19N3O2S/c16-18-12(14-9-19-6-7-20-14)8-15-17-13(10-21-15)11-4-2-1-3-5-11/h1-5,10,12,14,18H,6-9,16H2.